The van der Waals surface area contributed by atoms with E-state index in [4.69, 9.17) is 4.74 Å². The highest BCUT2D eigenvalue weighted by Gasteiger charge is 2.51. The number of hydrogen-bond donors (Lipinski definition) is 0. The highest BCUT2D eigenvalue weighted by atomic mass is 16.6. The lowest BCUT2D eigenvalue weighted by Crippen LogP contribution is -2.45. The van der Waals surface area contributed by atoms with Gasteiger partial charge in [0, 0.05) is 19.0 Å². The molecule has 0 aromatic heterocycles. The third-order valence-electron chi connectivity index (χ3n) is 3.94. The molecular weight excluding hydrogens is 218 g/mol. The Morgan fingerprint density at radius 1 is 1.41 bits per heavy atom. The Morgan fingerprint density at radius 2 is 2.12 bits per heavy atom. The molecule has 1 unspecified atom stereocenters. The number of rotatable bonds is 1. The Kier molecular flexibility index (Phi) is 2.92. The van der Waals surface area contributed by atoms with E-state index in [0.29, 0.717) is 6.54 Å². The molecule has 1 amide bonds. The summed E-state index contributed by atoms with van der Waals surface area (Å²) in [5, 5.41) is 0. The Balaban J connectivity index is 1.94. The maximum absolute atomic E-state index is 11.9. The van der Waals surface area contributed by atoms with Crippen molar-refractivity contribution in [2.45, 2.75) is 45.6 Å². The molecule has 0 N–H and O–H groups in total. The minimum absolute atomic E-state index is 0.0681. The highest BCUT2D eigenvalue weighted by Crippen LogP contribution is 2.51. The molecule has 1 saturated carbocycles. The van der Waals surface area contributed by atoms with Crippen LogP contribution in [0.2, 0.25) is 0 Å². The Bertz CT molecular complexity index is 334. The molecule has 0 aromatic rings. The molecule has 0 aromatic carbocycles. The number of amides is 1. The Morgan fingerprint density at radius 3 is 2.59 bits per heavy atom. The van der Waals surface area contributed by atoms with Gasteiger partial charge in [0.05, 0.1) is 0 Å². The van der Waals surface area contributed by atoms with Crippen LogP contribution in [0.4, 0.5) is 4.79 Å². The van der Waals surface area contributed by atoms with Crippen molar-refractivity contribution in [1.29, 1.82) is 0 Å². The van der Waals surface area contributed by atoms with Crippen molar-refractivity contribution in [3.63, 3.8) is 0 Å². The molecule has 96 valence electrons. The van der Waals surface area contributed by atoms with E-state index in [1.54, 1.807) is 4.90 Å². The van der Waals surface area contributed by atoms with E-state index < -0.39 is 5.60 Å². The van der Waals surface area contributed by atoms with Crippen molar-refractivity contribution in [2.75, 3.05) is 13.1 Å². The fraction of sp³-hybridized carbons (Fsp3) is 0.846. The van der Waals surface area contributed by atoms with Gasteiger partial charge >= 0.3 is 6.09 Å². The summed E-state index contributed by atoms with van der Waals surface area (Å²) in [6.07, 6.45) is 3.80. The number of ether oxygens (including phenoxy) is 1. The second kappa shape index (κ2) is 4.00. The molecule has 0 bridgehead atoms. The van der Waals surface area contributed by atoms with Gasteiger partial charge in [-0.05, 0) is 45.4 Å². The fourth-order valence-electron chi connectivity index (χ4n) is 2.82. The molecule has 1 heterocycles. The summed E-state index contributed by atoms with van der Waals surface area (Å²) in [6, 6.07) is 0. The van der Waals surface area contributed by atoms with Gasteiger partial charge < -0.3 is 14.4 Å². The second-order valence-electron chi connectivity index (χ2n) is 6.30. The second-order valence-corrected chi connectivity index (χ2v) is 6.30. The molecule has 1 saturated heterocycles. The van der Waals surface area contributed by atoms with Crippen LogP contribution in [0.25, 0.3) is 0 Å². The molecule has 4 nitrogen and oxygen atoms in total. The largest absolute Gasteiger partial charge is 0.444 e. The van der Waals surface area contributed by atoms with Crippen molar-refractivity contribution in [3.8, 4) is 0 Å². The third kappa shape index (κ3) is 2.31. The van der Waals surface area contributed by atoms with Gasteiger partial charge in [0.25, 0.3) is 0 Å². The normalized spacial score (nSPS) is 32.4. The van der Waals surface area contributed by atoms with Crippen LogP contribution < -0.4 is 0 Å². The monoisotopic (exact) mass is 239 g/mol. The Labute approximate surface area is 102 Å². The summed E-state index contributed by atoms with van der Waals surface area (Å²) < 4.78 is 5.35. The first-order chi connectivity index (χ1) is 7.86. The van der Waals surface area contributed by atoms with Crippen molar-refractivity contribution >= 4 is 12.4 Å². The van der Waals surface area contributed by atoms with Crippen LogP contribution in [-0.4, -0.2) is 36.0 Å². The van der Waals surface area contributed by atoms with Crippen LogP contribution >= 0.6 is 0 Å². The summed E-state index contributed by atoms with van der Waals surface area (Å²) in [7, 11) is 0. The lowest BCUT2D eigenvalue weighted by Gasteiger charge is -2.44. The first-order valence-corrected chi connectivity index (χ1v) is 6.30. The quantitative estimate of drug-likeness (QED) is 0.659. The lowest BCUT2D eigenvalue weighted by atomic mass is 9.60. The van der Waals surface area contributed by atoms with Crippen LogP contribution in [0, 0.1) is 11.3 Å². The van der Waals surface area contributed by atoms with Gasteiger partial charge in [-0.1, -0.05) is 0 Å². The van der Waals surface area contributed by atoms with Crippen molar-refractivity contribution < 1.29 is 14.3 Å². The molecule has 1 aliphatic carbocycles. The van der Waals surface area contributed by atoms with E-state index in [-0.39, 0.29) is 17.4 Å². The molecule has 1 aliphatic heterocycles. The van der Waals surface area contributed by atoms with Gasteiger partial charge in [-0.15, -0.1) is 0 Å². The summed E-state index contributed by atoms with van der Waals surface area (Å²) in [5.74, 6) is 0.148. The van der Waals surface area contributed by atoms with Crippen LogP contribution in [0.5, 0.6) is 0 Å². The Hall–Kier alpha value is -1.06. The van der Waals surface area contributed by atoms with Gasteiger partial charge in [-0.3, -0.25) is 0 Å². The maximum atomic E-state index is 11.9. The molecular formula is C13H21NO3. The molecule has 0 radical (unpaired) electrons. The van der Waals surface area contributed by atoms with E-state index >= 15 is 0 Å². The summed E-state index contributed by atoms with van der Waals surface area (Å²) in [5.41, 5.74) is -0.380. The number of hydrogen-bond acceptors (Lipinski definition) is 3. The lowest BCUT2D eigenvalue weighted by molar-refractivity contribution is -0.120. The maximum Gasteiger partial charge on any atom is 0.410 e. The zero-order chi connectivity index (χ0) is 12.7. The predicted octanol–water partition coefficient (Wildman–Crippen LogP) is 2.22. The standard InChI is InChI=1S/C13H21NO3/c1-12(2,3)17-11(16)14-7-6-13(9-14)5-4-10(13)8-15/h8,10H,4-7,9H2,1-3H3/t10?,13-/m0/s1. The van der Waals surface area contributed by atoms with E-state index in [9.17, 15) is 9.59 Å². The predicted molar refractivity (Wildman–Crippen MR) is 63.6 cm³/mol. The third-order valence-corrected chi connectivity index (χ3v) is 3.94. The molecule has 2 fully saturated rings. The summed E-state index contributed by atoms with van der Waals surface area (Å²) in [4.78, 5) is 24.6. The molecule has 4 heteroatoms. The van der Waals surface area contributed by atoms with Gasteiger partial charge in [0.1, 0.15) is 11.9 Å². The van der Waals surface area contributed by atoms with E-state index in [0.717, 1.165) is 32.1 Å². The van der Waals surface area contributed by atoms with Gasteiger partial charge in [0.2, 0.25) is 0 Å². The van der Waals surface area contributed by atoms with Crippen LogP contribution in [0.3, 0.4) is 0 Å². The number of carbonyl (C=O) groups excluding carboxylic acids is 2. The molecule has 17 heavy (non-hydrogen) atoms. The van der Waals surface area contributed by atoms with Crippen molar-refractivity contribution in [3.05, 3.63) is 0 Å². The topological polar surface area (TPSA) is 46.6 Å². The van der Waals surface area contributed by atoms with Gasteiger partial charge in [-0.2, -0.15) is 0 Å². The van der Waals surface area contributed by atoms with Crippen molar-refractivity contribution in [2.24, 2.45) is 11.3 Å². The smallest absolute Gasteiger partial charge is 0.410 e. The first-order valence-electron chi connectivity index (χ1n) is 6.30. The van der Waals surface area contributed by atoms with Crippen LogP contribution in [0.15, 0.2) is 0 Å². The number of aldehydes is 1. The average Bonchev–Trinajstić information content (AvgIpc) is 2.60. The average molecular weight is 239 g/mol. The number of nitrogens with zero attached hydrogens (tertiary/aromatic N) is 1. The summed E-state index contributed by atoms with van der Waals surface area (Å²) in [6.45, 7) is 7.02. The fourth-order valence-corrected chi connectivity index (χ4v) is 2.82. The zero-order valence-corrected chi connectivity index (χ0v) is 10.9. The van der Waals surface area contributed by atoms with Gasteiger partial charge in [0.15, 0.2) is 0 Å². The SMILES string of the molecule is CC(C)(C)OC(=O)N1CC[C@@]2(CCC2C=O)C1. The van der Waals surface area contributed by atoms with Crippen molar-refractivity contribution in [1.82, 2.24) is 4.90 Å². The first kappa shape index (κ1) is 12.4. The zero-order valence-electron chi connectivity index (χ0n) is 10.9. The van der Waals surface area contributed by atoms with E-state index in [1.165, 1.54) is 0 Å². The molecule has 2 aliphatic rings. The van der Waals surface area contributed by atoms with E-state index in [2.05, 4.69) is 0 Å². The highest BCUT2D eigenvalue weighted by molar-refractivity contribution is 5.69. The minimum atomic E-state index is -0.448. The number of likely N-dealkylation sites (tertiary alicyclic amines) is 1. The van der Waals surface area contributed by atoms with Crippen LogP contribution in [-0.2, 0) is 9.53 Å². The molecule has 2 atom stereocenters. The molecule has 1 spiro atoms. The number of carbonyl (C=O) groups is 2. The summed E-state index contributed by atoms with van der Waals surface area (Å²) >= 11 is 0. The van der Waals surface area contributed by atoms with Gasteiger partial charge in [-0.25, -0.2) is 4.79 Å². The van der Waals surface area contributed by atoms with Crippen LogP contribution in [0.1, 0.15) is 40.0 Å². The molecule has 2 rings (SSSR count). The van der Waals surface area contributed by atoms with E-state index in [1.807, 2.05) is 20.8 Å². The minimum Gasteiger partial charge on any atom is -0.444 e.